The number of carboxylic acids is 1. The Hall–Kier alpha value is -0.830. The third kappa shape index (κ3) is 2.33. The van der Waals surface area contributed by atoms with Gasteiger partial charge >= 0.3 is 5.97 Å². The molecule has 4 fully saturated rings. The molecule has 1 N–H and O–H groups in total. The summed E-state index contributed by atoms with van der Waals surface area (Å²) in [5.41, 5.74) is 1.28. The van der Waals surface area contributed by atoms with Crippen LogP contribution in [0.15, 0.2) is 30.3 Å². The van der Waals surface area contributed by atoms with E-state index in [0.29, 0.717) is 22.6 Å². The lowest BCUT2D eigenvalue weighted by Gasteiger charge is -2.64. The van der Waals surface area contributed by atoms with Crippen LogP contribution < -0.4 is 0 Å². The van der Waals surface area contributed by atoms with Crippen LogP contribution in [0.2, 0.25) is 0 Å². The summed E-state index contributed by atoms with van der Waals surface area (Å²) in [6, 6.07) is 10.5. The normalized spacial score (nSPS) is 42.5. The molecule has 4 aliphatic rings. The predicted molar refractivity (Wildman–Crippen MR) is 90.0 cm³/mol. The lowest BCUT2D eigenvalue weighted by atomic mass is 9.43. The maximum Gasteiger partial charge on any atom is 0.303 e. The minimum absolute atomic E-state index is 0.0264. The van der Waals surface area contributed by atoms with E-state index in [4.69, 9.17) is 0 Å². The first kappa shape index (κ1) is 14.7. The molecule has 22 heavy (non-hydrogen) atoms. The zero-order valence-electron chi connectivity index (χ0n) is 12.8. The second-order valence-corrected chi connectivity index (χ2v) is 9.64. The van der Waals surface area contributed by atoms with Gasteiger partial charge in [-0.25, -0.2) is 0 Å². The first-order valence-corrected chi connectivity index (χ1v) is 9.23. The van der Waals surface area contributed by atoms with E-state index in [9.17, 15) is 9.90 Å². The molecule has 0 aliphatic heterocycles. The first-order chi connectivity index (χ1) is 10.5. The van der Waals surface area contributed by atoms with Crippen LogP contribution >= 0.6 is 15.9 Å². The minimum atomic E-state index is -0.618. The van der Waals surface area contributed by atoms with Crippen LogP contribution in [0.1, 0.15) is 44.1 Å². The summed E-state index contributed by atoms with van der Waals surface area (Å²) in [7, 11) is 0. The van der Waals surface area contributed by atoms with Gasteiger partial charge in [-0.05, 0) is 67.3 Å². The van der Waals surface area contributed by atoms with E-state index in [2.05, 4.69) is 40.2 Å². The summed E-state index contributed by atoms with van der Waals surface area (Å²) in [6.07, 6.45) is 7.39. The zero-order valence-corrected chi connectivity index (χ0v) is 14.4. The van der Waals surface area contributed by atoms with Gasteiger partial charge in [-0.1, -0.05) is 46.3 Å². The average molecular weight is 363 g/mol. The van der Waals surface area contributed by atoms with Gasteiger partial charge in [0.05, 0.1) is 6.42 Å². The third-order valence-electron chi connectivity index (χ3n) is 6.60. The molecule has 4 bridgehead atoms. The van der Waals surface area contributed by atoms with Crippen molar-refractivity contribution in [3.8, 4) is 0 Å². The lowest BCUT2D eigenvalue weighted by molar-refractivity contribution is -0.152. The topological polar surface area (TPSA) is 37.3 Å². The highest BCUT2D eigenvalue weighted by atomic mass is 79.9. The van der Waals surface area contributed by atoms with Gasteiger partial charge in [-0.15, -0.1) is 0 Å². The smallest absolute Gasteiger partial charge is 0.303 e. The third-order valence-corrected chi connectivity index (χ3v) is 7.57. The highest BCUT2D eigenvalue weighted by Crippen LogP contribution is 2.67. The van der Waals surface area contributed by atoms with E-state index >= 15 is 0 Å². The summed E-state index contributed by atoms with van der Waals surface area (Å²) in [6.45, 7) is 0. The summed E-state index contributed by atoms with van der Waals surface area (Å²) in [5, 5.41) is 9.59. The number of carboxylic acid groups (broad SMARTS) is 1. The Morgan fingerprint density at radius 3 is 2.32 bits per heavy atom. The molecule has 2 nitrogen and oxygen atoms in total. The van der Waals surface area contributed by atoms with Gasteiger partial charge in [0.2, 0.25) is 0 Å². The molecule has 118 valence electrons. The minimum Gasteiger partial charge on any atom is -0.481 e. The van der Waals surface area contributed by atoms with Crippen LogP contribution in [0.25, 0.3) is 0 Å². The predicted octanol–water partition coefficient (Wildman–Crippen LogP) is 4.66. The maximum atomic E-state index is 11.7. The van der Waals surface area contributed by atoms with E-state index < -0.39 is 5.97 Å². The molecule has 0 saturated heterocycles. The van der Waals surface area contributed by atoms with Crippen molar-refractivity contribution in [1.82, 2.24) is 0 Å². The highest BCUT2D eigenvalue weighted by Gasteiger charge is 2.61. The molecular weight excluding hydrogens is 340 g/mol. The standard InChI is InChI=1S/C19H23BrO2/c20-18-8-14-6-15(10-18)19(12-17(21)22,16(7-14)11-18)9-13-4-2-1-3-5-13/h1-5,14-16H,6-12H2,(H,21,22)/t14?,15?,16?,18-,19+. The summed E-state index contributed by atoms with van der Waals surface area (Å²) < 4.78 is 0.308. The van der Waals surface area contributed by atoms with Gasteiger partial charge in [-0.3, -0.25) is 4.79 Å². The number of alkyl halides is 1. The van der Waals surface area contributed by atoms with Gasteiger partial charge in [0.15, 0.2) is 0 Å². The van der Waals surface area contributed by atoms with Crippen LogP contribution in [0, 0.1) is 23.2 Å². The second-order valence-electron chi connectivity index (χ2n) is 7.96. The Kier molecular flexibility index (Phi) is 3.41. The van der Waals surface area contributed by atoms with Crippen molar-refractivity contribution < 1.29 is 9.90 Å². The van der Waals surface area contributed by atoms with Crippen molar-refractivity contribution in [2.45, 2.75) is 49.3 Å². The van der Waals surface area contributed by atoms with Crippen LogP contribution in [-0.2, 0) is 11.2 Å². The Morgan fingerprint density at radius 1 is 1.14 bits per heavy atom. The van der Waals surface area contributed by atoms with Crippen molar-refractivity contribution in [3.63, 3.8) is 0 Å². The summed E-state index contributed by atoms with van der Waals surface area (Å²) in [5.74, 6) is 1.32. The number of aliphatic carboxylic acids is 1. The molecule has 4 saturated carbocycles. The molecule has 0 radical (unpaired) electrons. The summed E-state index contributed by atoms with van der Waals surface area (Å²) >= 11 is 4.01. The van der Waals surface area contributed by atoms with Crippen LogP contribution in [-0.4, -0.2) is 15.4 Å². The molecule has 0 heterocycles. The monoisotopic (exact) mass is 362 g/mol. The average Bonchev–Trinajstić information content (AvgIpc) is 2.43. The maximum absolute atomic E-state index is 11.7. The Labute approximate surface area is 140 Å². The quantitative estimate of drug-likeness (QED) is 0.790. The van der Waals surface area contributed by atoms with Crippen molar-refractivity contribution in [3.05, 3.63) is 35.9 Å². The number of carbonyl (C=O) groups is 1. The molecule has 1 aromatic rings. The second kappa shape index (κ2) is 5.09. The molecule has 3 heteroatoms. The van der Waals surface area contributed by atoms with Crippen molar-refractivity contribution in [1.29, 1.82) is 0 Å². The van der Waals surface area contributed by atoms with E-state index in [-0.39, 0.29) is 5.41 Å². The van der Waals surface area contributed by atoms with Crippen molar-refractivity contribution in [2.75, 3.05) is 0 Å². The molecule has 2 atom stereocenters. The molecule has 0 amide bonds. The zero-order chi connectivity index (χ0) is 15.4. The Morgan fingerprint density at radius 2 is 1.77 bits per heavy atom. The molecule has 1 aromatic carbocycles. The number of hydrogen-bond acceptors (Lipinski definition) is 1. The number of rotatable bonds is 4. The van der Waals surface area contributed by atoms with Crippen LogP contribution in [0.3, 0.4) is 0 Å². The van der Waals surface area contributed by atoms with Gasteiger partial charge in [0.25, 0.3) is 0 Å². The molecule has 0 spiro atoms. The van der Waals surface area contributed by atoms with Gasteiger partial charge in [0.1, 0.15) is 0 Å². The molecule has 4 aliphatic carbocycles. The van der Waals surface area contributed by atoms with E-state index in [0.717, 1.165) is 12.3 Å². The van der Waals surface area contributed by atoms with Crippen molar-refractivity contribution >= 4 is 21.9 Å². The molecular formula is C19H23BrO2. The fourth-order valence-electron chi connectivity index (χ4n) is 5.99. The molecule has 0 aromatic heterocycles. The first-order valence-electron chi connectivity index (χ1n) is 8.44. The van der Waals surface area contributed by atoms with Gasteiger partial charge in [0, 0.05) is 4.32 Å². The number of halogens is 1. The number of hydrogen-bond donors (Lipinski definition) is 1. The fraction of sp³-hybridized carbons (Fsp3) is 0.632. The van der Waals surface area contributed by atoms with Crippen LogP contribution in [0.5, 0.6) is 0 Å². The van der Waals surface area contributed by atoms with E-state index in [1.165, 1.54) is 37.7 Å². The Bertz CT molecular complexity index is 566. The SMILES string of the molecule is O=C(O)C[C@]1(Cc2ccccc2)C2CC3CC1C[C@](Br)(C3)C2. The van der Waals surface area contributed by atoms with E-state index in [1.54, 1.807) is 0 Å². The van der Waals surface area contributed by atoms with Gasteiger partial charge in [-0.2, -0.15) is 0 Å². The van der Waals surface area contributed by atoms with Gasteiger partial charge < -0.3 is 5.11 Å². The molecule has 5 rings (SSSR count). The van der Waals surface area contributed by atoms with E-state index in [1.807, 2.05) is 6.07 Å². The van der Waals surface area contributed by atoms with Crippen molar-refractivity contribution in [2.24, 2.45) is 23.2 Å². The lowest BCUT2D eigenvalue weighted by Crippen LogP contribution is -2.59. The largest absolute Gasteiger partial charge is 0.481 e. The highest BCUT2D eigenvalue weighted by molar-refractivity contribution is 9.10. The van der Waals surface area contributed by atoms with Crippen LogP contribution in [0.4, 0.5) is 0 Å². The Balaban J connectivity index is 1.71. The summed E-state index contributed by atoms with van der Waals surface area (Å²) in [4.78, 5) is 11.7. The molecule has 2 unspecified atom stereocenters. The number of benzene rings is 1. The fourth-order valence-corrected chi connectivity index (χ4v) is 7.23.